The van der Waals surface area contributed by atoms with E-state index >= 15 is 0 Å². The predicted octanol–water partition coefficient (Wildman–Crippen LogP) is 1.88. The molecule has 5 heteroatoms. The highest BCUT2D eigenvalue weighted by molar-refractivity contribution is 5.91. The Kier molecular flexibility index (Phi) is 6.11. The fraction of sp³-hybridized carbons (Fsp3) is 0.278. The number of carbonyl (C=O) groups is 1. The summed E-state index contributed by atoms with van der Waals surface area (Å²) in [6, 6.07) is 13.7. The second-order valence-electron chi connectivity index (χ2n) is 5.41. The molecule has 0 aromatic heterocycles. The lowest BCUT2D eigenvalue weighted by molar-refractivity contribution is -0.885. The van der Waals surface area contributed by atoms with Crippen molar-refractivity contribution in [2.24, 2.45) is 0 Å². The summed E-state index contributed by atoms with van der Waals surface area (Å²) < 4.78 is 18.7. The van der Waals surface area contributed by atoms with Crippen LogP contribution in [0.15, 0.2) is 48.5 Å². The molecule has 1 atom stereocenters. The van der Waals surface area contributed by atoms with Gasteiger partial charge >= 0.3 is 0 Å². The van der Waals surface area contributed by atoms with Crippen molar-refractivity contribution >= 4 is 11.6 Å². The largest absolute Gasteiger partial charge is 0.493 e. The van der Waals surface area contributed by atoms with Gasteiger partial charge in [0.1, 0.15) is 18.1 Å². The van der Waals surface area contributed by atoms with Crippen LogP contribution in [0.3, 0.4) is 0 Å². The maximum Gasteiger partial charge on any atom is 0.279 e. The van der Waals surface area contributed by atoms with E-state index in [4.69, 9.17) is 4.74 Å². The molecular weight excluding hydrogens is 295 g/mol. The Hall–Kier alpha value is -2.40. The van der Waals surface area contributed by atoms with Crippen molar-refractivity contribution in [3.63, 3.8) is 0 Å². The van der Waals surface area contributed by atoms with Crippen LogP contribution in [0.4, 0.5) is 10.1 Å². The van der Waals surface area contributed by atoms with Gasteiger partial charge in [-0.25, -0.2) is 4.39 Å². The first kappa shape index (κ1) is 17.0. The lowest BCUT2D eigenvalue weighted by Gasteiger charge is -2.16. The number of nitrogens with one attached hydrogen (secondary N) is 2. The van der Waals surface area contributed by atoms with Gasteiger partial charge in [-0.05, 0) is 37.3 Å². The summed E-state index contributed by atoms with van der Waals surface area (Å²) in [5.41, 5.74) is 1.53. The average Bonchev–Trinajstić information content (AvgIpc) is 2.49. The van der Waals surface area contributed by atoms with Crippen molar-refractivity contribution in [1.82, 2.24) is 0 Å². The van der Waals surface area contributed by atoms with E-state index in [2.05, 4.69) is 5.32 Å². The smallest absolute Gasteiger partial charge is 0.279 e. The Labute approximate surface area is 135 Å². The number of ether oxygens (including phenoxy) is 1. The number of hydrogen-bond donors (Lipinski definition) is 2. The zero-order valence-electron chi connectivity index (χ0n) is 13.4. The van der Waals surface area contributed by atoms with Gasteiger partial charge in [-0.1, -0.05) is 18.2 Å². The molecule has 4 nitrogen and oxygen atoms in total. The van der Waals surface area contributed by atoms with Gasteiger partial charge in [-0.2, -0.15) is 0 Å². The van der Waals surface area contributed by atoms with Gasteiger partial charge in [0.05, 0.1) is 13.7 Å². The third-order valence-corrected chi connectivity index (χ3v) is 3.34. The summed E-state index contributed by atoms with van der Waals surface area (Å²) in [6.07, 6.45) is 0. The SMILES string of the molecule is CCOc1ccccc1C[NH+](C)CC(=O)Nc1cccc(F)c1. The van der Waals surface area contributed by atoms with Crippen LogP contribution in [0, 0.1) is 5.82 Å². The highest BCUT2D eigenvalue weighted by atomic mass is 19.1. The van der Waals surface area contributed by atoms with Gasteiger partial charge in [0, 0.05) is 11.3 Å². The van der Waals surface area contributed by atoms with Crippen LogP contribution >= 0.6 is 0 Å². The molecule has 0 radical (unpaired) electrons. The summed E-state index contributed by atoms with van der Waals surface area (Å²) in [4.78, 5) is 13.1. The Morgan fingerprint density at radius 2 is 2.00 bits per heavy atom. The van der Waals surface area contributed by atoms with Crippen LogP contribution in [-0.2, 0) is 11.3 Å². The molecular formula is C18H22FN2O2+. The molecule has 0 fully saturated rings. The van der Waals surface area contributed by atoms with E-state index in [9.17, 15) is 9.18 Å². The third-order valence-electron chi connectivity index (χ3n) is 3.34. The molecule has 0 saturated heterocycles. The van der Waals surface area contributed by atoms with E-state index in [1.807, 2.05) is 38.2 Å². The van der Waals surface area contributed by atoms with Crippen LogP contribution in [0.5, 0.6) is 5.75 Å². The van der Waals surface area contributed by atoms with Crippen molar-refractivity contribution in [2.75, 3.05) is 25.5 Å². The number of benzene rings is 2. The number of carbonyl (C=O) groups excluding carboxylic acids is 1. The summed E-state index contributed by atoms with van der Waals surface area (Å²) >= 11 is 0. The number of quaternary nitrogens is 1. The highest BCUT2D eigenvalue weighted by Crippen LogP contribution is 2.16. The van der Waals surface area contributed by atoms with Crippen LogP contribution in [0.1, 0.15) is 12.5 Å². The molecule has 0 aliphatic heterocycles. The minimum atomic E-state index is -0.367. The van der Waals surface area contributed by atoms with Crippen molar-refractivity contribution in [3.05, 3.63) is 59.9 Å². The summed E-state index contributed by atoms with van der Waals surface area (Å²) in [6.45, 7) is 3.51. The molecule has 0 aliphatic carbocycles. The monoisotopic (exact) mass is 317 g/mol. The van der Waals surface area contributed by atoms with Gasteiger partial charge < -0.3 is 15.0 Å². The molecule has 0 aliphatic rings. The molecule has 2 rings (SSSR count). The summed E-state index contributed by atoms with van der Waals surface area (Å²) in [5.74, 6) is 0.330. The molecule has 1 unspecified atom stereocenters. The van der Waals surface area contributed by atoms with Crippen molar-refractivity contribution in [2.45, 2.75) is 13.5 Å². The van der Waals surface area contributed by atoms with E-state index < -0.39 is 0 Å². The number of hydrogen-bond acceptors (Lipinski definition) is 2. The summed E-state index contributed by atoms with van der Waals surface area (Å²) in [7, 11) is 1.94. The standard InChI is InChI=1S/C18H21FN2O2/c1-3-23-17-10-5-4-7-14(17)12-21(2)13-18(22)20-16-9-6-8-15(19)11-16/h4-11H,3,12-13H2,1-2H3,(H,20,22)/p+1. The lowest BCUT2D eigenvalue weighted by Crippen LogP contribution is -3.08. The van der Waals surface area contributed by atoms with Gasteiger partial charge in [0.25, 0.3) is 5.91 Å². The van der Waals surface area contributed by atoms with E-state index in [1.165, 1.54) is 12.1 Å². The number of halogens is 1. The minimum Gasteiger partial charge on any atom is -0.493 e. The number of anilines is 1. The highest BCUT2D eigenvalue weighted by Gasteiger charge is 2.13. The maximum absolute atomic E-state index is 13.1. The van der Waals surface area contributed by atoms with E-state index in [-0.39, 0.29) is 18.3 Å². The second kappa shape index (κ2) is 8.29. The Bertz CT molecular complexity index is 661. The van der Waals surface area contributed by atoms with Gasteiger partial charge in [0.2, 0.25) is 0 Å². The summed E-state index contributed by atoms with van der Waals surface area (Å²) in [5, 5.41) is 2.71. The van der Waals surface area contributed by atoms with Gasteiger partial charge in [-0.15, -0.1) is 0 Å². The van der Waals surface area contributed by atoms with Crippen LogP contribution < -0.4 is 15.0 Å². The van der Waals surface area contributed by atoms with E-state index in [0.717, 1.165) is 16.2 Å². The Morgan fingerprint density at radius 1 is 1.22 bits per heavy atom. The first-order valence-corrected chi connectivity index (χ1v) is 7.66. The molecule has 2 N–H and O–H groups in total. The van der Waals surface area contributed by atoms with Crippen molar-refractivity contribution in [3.8, 4) is 5.75 Å². The topological polar surface area (TPSA) is 42.8 Å². The van der Waals surface area contributed by atoms with Gasteiger partial charge in [0.15, 0.2) is 6.54 Å². The number of likely N-dealkylation sites (N-methyl/N-ethyl adjacent to an activating group) is 1. The second-order valence-corrected chi connectivity index (χ2v) is 5.41. The van der Waals surface area contributed by atoms with Gasteiger partial charge in [-0.3, -0.25) is 4.79 Å². The Balaban J connectivity index is 1.91. The average molecular weight is 317 g/mol. The normalized spacial score (nSPS) is 11.8. The lowest BCUT2D eigenvalue weighted by atomic mass is 10.2. The maximum atomic E-state index is 13.1. The molecule has 0 bridgehead atoms. The first-order valence-electron chi connectivity index (χ1n) is 7.66. The van der Waals surface area contributed by atoms with Crippen molar-refractivity contribution < 1.29 is 18.8 Å². The molecule has 1 amide bonds. The van der Waals surface area contributed by atoms with E-state index in [0.29, 0.717) is 18.8 Å². The van der Waals surface area contributed by atoms with Crippen molar-refractivity contribution in [1.29, 1.82) is 0 Å². The zero-order chi connectivity index (χ0) is 16.7. The van der Waals surface area contributed by atoms with E-state index in [1.54, 1.807) is 12.1 Å². The van der Waals surface area contributed by atoms with Crippen LogP contribution in [-0.4, -0.2) is 26.1 Å². The van der Waals surface area contributed by atoms with Crippen LogP contribution in [0.2, 0.25) is 0 Å². The number of para-hydroxylation sites is 1. The first-order chi connectivity index (χ1) is 11.1. The molecule has 23 heavy (non-hydrogen) atoms. The molecule has 2 aromatic rings. The van der Waals surface area contributed by atoms with Crippen LogP contribution in [0.25, 0.3) is 0 Å². The quantitative estimate of drug-likeness (QED) is 0.819. The number of amides is 1. The molecule has 0 spiro atoms. The molecule has 2 aromatic carbocycles. The number of rotatable bonds is 7. The molecule has 0 saturated carbocycles. The fourth-order valence-corrected chi connectivity index (χ4v) is 2.38. The molecule has 0 heterocycles. The minimum absolute atomic E-state index is 0.151. The molecule has 122 valence electrons. The third kappa shape index (κ3) is 5.38. The zero-order valence-corrected chi connectivity index (χ0v) is 13.4. The predicted molar refractivity (Wildman–Crippen MR) is 88.1 cm³/mol. The fourth-order valence-electron chi connectivity index (χ4n) is 2.38. The Morgan fingerprint density at radius 3 is 2.74 bits per heavy atom.